The second kappa shape index (κ2) is 5.70. The van der Waals surface area contributed by atoms with Crippen molar-refractivity contribution >= 4 is 27.6 Å². The first-order valence-electron chi connectivity index (χ1n) is 5.42. The molecule has 2 aromatic carbocycles. The number of ether oxygens (including phenoxy) is 1. The number of halogens is 1. The molecule has 0 spiro atoms. The summed E-state index contributed by atoms with van der Waals surface area (Å²) in [4.78, 5) is 21.0. The number of rotatable bonds is 4. The van der Waals surface area contributed by atoms with Gasteiger partial charge in [0.2, 0.25) is 0 Å². The number of benzene rings is 2. The minimum Gasteiger partial charge on any atom is -0.477 e. The number of nitrogens with zero attached hydrogens (tertiary/aromatic N) is 1. The quantitative estimate of drug-likeness (QED) is 0.676. The van der Waals surface area contributed by atoms with Crippen LogP contribution in [0.3, 0.4) is 0 Å². The number of hydrogen-bond acceptors (Lipinski definition) is 4. The Morgan fingerprint density at radius 1 is 1.20 bits per heavy atom. The summed E-state index contributed by atoms with van der Waals surface area (Å²) >= 11 is 3.28. The van der Waals surface area contributed by atoms with Crippen LogP contribution in [0.15, 0.2) is 46.9 Å². The van der Waals surface area contributed by atoms with Crippen molar-refractivity contribution in [1.82, 2.24) is 0 Å². The Labute approximate surface area is 121 Å². The van der Waals surface area contributed by atoms with Crippen LogP contribution in [0, 0.1) is 10.1 Å². The normalized spacial score (nSPS) is 10.1. The zero-order valence-corrected chi connectivity index (χ0v) is 11.5. The zero-order chi connectivity index (χ0) is 14.7. The van der Waals surface area contributed by atoms with Gasteiger partial charge in [-0.25, -0.2) is 4.79 Å². The summed E-state index contributed by atoms with van der Waals surface area (Å²) in [5.41, 5.74) is -0.887. The molecule has 20 heavy (non-hydrogen) atoms. The molecule has 0 aliphatic carbocycles. The van der Waals surface area contributed by atoms with Crippen molar-refractivity contribution in [3.63, 3.8) is 0 Å². The molecule has 1 N–H and O–H groups in total. The molecular weight excluding hydrogens is 330 g/mol. The van der Waals surface area contributed by atoms with Crippen LogP contribution in [0.5, 0.6) is 11.5 Å². The molecule has 0 bridgehead atoms. The number of hydrogen-bond donors (Lipinski definition) is 1. The Balaban J connectivity index is 2.36. The molecule has 0 radical (unpaired) electrons. The van der Waals surface area contributed by atoms with E-state index in [4.69, 9.17) is 9.84 Å². The molecule has 0 aliphatic heterocycles. The van der Waals surface area contributed by atoms with Gasteiger partial charge in [0.1, 0.15) is 17.1 Å². The fraction of sp³-hybridized carbons (Fsp3) is 0. The Bertz CT molecular complexity index is 686. The minimum atomic E-state index is -1.36. The summed E-state index contributed by atoms with van der Waals surface area (Å²) in [7, 11) is 0. The van der Waals surface area contributed by atoms with Gasteiger partial charge in [0, 0.05) is 4.47 Å². The van der Waals surface area contributed by atoms with Crippen LogP contribution in [-0.2, 0) is 0 Å². The van der Waals surface area contributed by atoms with Gasteiger partial charge in [0.05, 0.1) is 11.0 Å². The number of carboxylic acid groups (broad SMARTS) is 1. The second-order valence-corrected chi connectivity index (χ2v) is 4.72. The van der Waals surface area contributed by atoms with E-state index in [1.807, 2.05) is 6.07 Å². The second-order valence-electron chi connectivity index (χ2n) is 3.80. The highest BCUT2D eigenvalue weighted by Gasteiger charge is 2.20. The third kappa shape index (κ3) is 3.12. The summed E-state index contributed by atoms with van der Waals surface area (Å²) in [6.07, 6.45) is 0. The predicted molar refractivity (Wildman–Crippen MR) is 74.3 cm³/mol. The molecule has 0 aromatic heterocycles. The van der Waals surface area contributed by atoms with E-state index in [1.165, 1.54) is 6.07 Å². The van der Waals surface area contributed by atoms with Crippen LogP contribution in [0.25, 0.3) is 0 Å². The van der Waals surface area contributed by atoms with Crippen LogP contribution in [0.1, 0.15) is 10.4 Å². The van der Waals surface area contributed by atoms with Gasteiger partial charge in [-0.1, -0.05) is 22.0 Å². The molecule has 102 valence electrons. The van der Waals surface area contributed by atoms with Crippen LogP contribution in [0.4, 0.5) is 5.69 Å². The predicted octanol–water partition coefficient (Wildman–Crippen LogP) is 3.85. The molecule has 2 rings (SSSR count). The third-order valence-corrected chi connectivity index (χ3v) is 2.92. The molecule has 7 heteroatoms. The highest BCUT2D eigenvalue weighted by molar-refractivity contribution is 9.10. The van der Waals surface area contributed by atoms with E-state index >= 15 is 0 Å². The van der Waals surface area contributed by atoms with Gasteiger partial charge in [0.15, 0.2) is 0 Å². The van der Waals surface area contributed by atoms with Crippen LogP contribution < -0.4 is 4.74 Å². The largest absolute Gasteiger partial charge is 0.477 e. The molecule has 0 atom stereocenters. The summed E-state index contributed by atoms with van der Waals surface area (Å²) in [5, 5.41) is 19.7. The number of nitro groups is 1. The molecule has 0 unspecified atom stereocenters. The van der Waals surface area contributed by atoms with Gasteiger partial charge >= 0.3 is 5.97 Å². The Hall–Kier alpha value is -2.41. The van der Waals surface area contributed by atoms with E-state index < -0.39 is 16.6 Å². The van der Waals surface area contributed by atoms with Gasteiger partial charge in [-0.2, -0.15) is 0 Å². The lowest BCUT2D eigenvalue weighted by Gasteiger charge is -2.06. The highest BCUT2D eigenvalue weighted by Crippen LogP contribution is 2.29. The molecular formula is C13H8BrNO5. The molecule has 0 fully saturated rings. The van der Waals surface area contributed by atoms with Crippen molar-refractivity contribution in [2.24, 2.45) is 0 Å². The topological polar surface area (TPSA) is 89.7 Å². The van der Waals surface area contributed by atoms with E-state index in [-0.39, 0.29) is 11.3 Å². The molecule has 0 saturated carbocycles. The number of carboxylic acids is 1. The van der Waals surface area contributed by atoms with Gasteiger partial charge in [0.25, 0.3) is 5.69 Å². The standard InChI is InChI=1S/C13H8BrNO5/c14-8-2-1-3-9(6-8)20-10-4-5-11(13(16)17)12(7-10)15(18)19/h1-7H,(H,16,17). The number of carbonyl (C=O) groups is 1. The summed E-state index contributed by atoms with van der Waals surface area (Å²) in [5.74, 6) is -0.678. The van der Waals surface area contributed by atoms with E-state index in [1.54, 1.807) is 18.2 Å². The SMILES string of the molecule is O=C(O)c1ccc(Oc2cccc(Br)c2)cc1[N+](=O)[O-]. The molecule has 0 heterocycles. The lowest BCUT2D eigenvalue weighted by atomic mass is 10.2. The van der Waals surface area contributed by atoms with E-state index in [2.05, 4.69) is 15.9 Å². The first-order chi connectivity index (χ1) is 9.47. The van der Waals surface area contributed by atoms with Crippen molar-refractivity contribution < 1.29 is 19.6 Å². The van der Waals surface area contributed by atoms with Crippen LogP contribution in [0.2, 0.25) is 0 Å². The monoisotopic (exact) mass is 337 g/mol. The van der Waals surface area contributed by atoms with E-state index in [9.17, 15) is 14.9 Å². The summed E-state index contributed by atoms with van der Waals surface area (Å²) < 4.78 is 6.26. The van der Waals surface area contributed by atoms with Crippen LogP contribution >= 0.6 is 15.9 Å². The number of nitro benzene ring substituents is 1. The van der Waals surface area contributed by atoms with Gasteiger partial charge in [-0.05, 0) is 30.3 Å². The molecule has 0 amide bonds. The first kappa shape index (κ1) is 14.0. The zero-order valence-electron chi connectivity index (χ0n) is 9.95. The van der Waals surface area contributed by atoms with Gasteiger partial charge in [-0.3, -0.25) is 10.1 Å². The molecule has 0 aliphatic rings. The lowest BCUT2D eigenvalue weighted by molar-refractivity contribution is -0.385. The van der Waals surface area contributed by atoms with Crippen molar-refractivity contribution in [3.8, 4) is 11.5 Å². The maximum atomic E-state index is 10.9. The van der Waals surface area contributed by atoms with E-state index in [0.717, 1.165) is 16.6 Å². The highest BCUT2D eigenvalue weighted by atomic mass is 79.9. The Morgan fingerprint density at radius 3 is 2.50 bits per heavy atom. The third-order valence-electron chi connectivity index (χ3n) is 2.43. The fourth-order valence-electron chi connectivity index (χ4n) is 1.57. The van der Waals surface area contributed by atoms with Gasteiger partial charge in [-0.15, -0.1) is 0 Å². The molecule has 6 nitrogen and oxygen atoms in total. The number of aromatic carboxylic acids is 1. The molecule has 0 saturated heterocycles. The average Bonchev–Trinajstić information content (AvgIpc) is 2.38. The van der Waals surface area contributed by atoms with Crippen molar-refractivity contribution in [3.05, 3.63) is 62.6 Å². The smallest absolute Gasteiger partial charge is 0.342 e. The van der Waals surface area contributed by atoms with Crippen molar-refractivity contribution in [1.29, 1.82) is 0 Å². The maximum Gasteiger partial charge on any atom is 0.342 e. The molecule has 2 aromatic rings. The summed E-state index contributed by atoms with van der Waals surface area (Å²) in [6.45, 7) is 0. The Morgan fingerprint density at radius 2 is 1.90 bits per heavy atom. The maximum absolute atomic E-state index is 10.9. The summed E-state index contributed by atoms with van der Waals surface area (Å²) in [6, 6.07) is 10.5. The average molecular weight is 338 g/mol. The fourth-order valence-corrected chi connectivity index (χ4v) is 1.95. The van der Waals surface area contributed by atoms with E-state index in [0.29, 0.717) is 5.75 Å². The van der Waals surface area contributed by atoms with Crippen molar-refractivity contribution in [2.75, 3.05) is 0 Å². The van der Waals surface area contributed by atoms with Gasteiger partial charge < -0.3 is 9.84 Å². The Kier molecular flexibility index (Phi) is 3.99. The first-order valence-corrected chi connectivity index (χ1v) is 6.22. The lowest BCUT2D eigenvalue weighted by Crippen LogP contribution is -2.02. The van der Waals surface area contributed by atoms with Crippen molar-refractivity contribution in [2.45, 2.75) is 0 Å². The van der Waals surface area contributed by atoms with Crippen LogP contribution in [-0.4, -0.2) is 16.0 Å². The minimum absolute atomic E-state index is 0.194.